The van der Waals surface area contributed by atoms with Crippen LogP contribution in [0.5, 0.6) is 0 Å². The van der Waals surface area contributed by atoms with Crippen LogP contribution in [0.1, 0.15) is 6.42 Å². The van der Waals surface area contributed by atoms with E-state index >= 15 is 0 Å². The SMILES string of the molecule is O=C(NC1CCN(c2cccc(Cl)c2)C1)C1COCCN1. The number of ether oxygens (including phenoxy) is 1. The second-order valence-corrected chi connectivity index (χ2v) is 5.94. The normalized spacial score (nSPS) is 25.9. The van der Waals surface area contributed by atoms with Gasteiger partial charge in [0.1, 0.15) is 6.04 Å². The minimum Gasteiger partial charge on any atom is -0.378 e. The third kappa shape index (κ3) is 3.67. The van der Waals surface area contributed by atoms with E-state index in [1.165, 1.54) is 0 Å². The molecule has 2 N–H and O–H groups in total. The van der Waals surface area contributed by atoms with Crippen molar-refractivity contribution in [1.82, 2.24) is 10.6 Å². The Hall–Kier alpha value is -1.30. The van der Waals surface area contributed by atoms with Crippen LogP contribution in [0.15, 0.2) is 24.3 Å². The minimum atomic E-state index is -0.223. The smallest absolute Gasteiger partial charge is 0.239 e. The van der Waals surface area contributed by atoms with Crippen LogP contribution in [0.3, 0.4) is 0 Å². The van der Waals surface area contributed by atoms with Gasteiger partial charge in [0.15, 0.2) is 0 Å². The predicted octanol–water partition coefficient (Wildman–Crippen LogP) is 1.02. The van der Waals surface area contributed by atoms with Gasteiger partial charge in [-0.15, -0.1) is 0 Å². The fourth-order valence-corrected chi connectivity index (χ4v) is 3.01. The zero-order valence-corrected chi connectivity index (χ0v) is 12.6. The molecule has 21 heavy (non-hydrogen) atoms. The molecule has 2 aliphatic rings. The Morgan fingerprint density at radius 2 is 2.38 bits per heavy atom. The number of amides is 1. The molecule has 0 saturated carbocycles. The first kappa shape index (κ1) is 14.6. The summed E-state index contributed by atoms with van der Waals surface area (Å²) in [5.41, 5.74) is 1.11. The molecule has 0 spiro atoms. The summed E-state index contributed by atoms with van der Waals surface area (Å²) >= 11 is 6.03. The molecule has 1 amide bonds. The van der Waals surface area contributed by atoms with E-state index in [1.54, 1.807) is 0 Å². The lowest BCUT2D eigenvalue weighted by Crippen LogP contribution is -2.53. The van der Waals surface area contributed by atoms with Crippen LogP contribution >= 0.6 is 11.6 Å². The lowest BCUT2D eigenvalue weighted by Gasteiger charge is -2.25. The van der Waals surface area contributed by atoms with Gasteiger partial charge in [-0.25, -0.2) is 0 Å². The molecule has 0 radical (unpaired) electrons. The maximum atomic E-state index is 12.2. The highest BCUT2D eigenvalue weighted by Crippen LogP contribution is 2.23. The number of carbonyl (C=O) groups excluding carboxylic acids is 1. The van der Waals surface area contributed by atoms with E-state index in [0.717, 1.165) is 36.8 Å². The molecule has 2 aliphatic heterocycles. The quantitative estimate of drug-likeness (QED) is 0.875. The lowest BCUT2D eigenvalue weighted by atomic mass is 10.2. The Kier molecular flexibility index (Phi) is 4.63. The number of hydrogen-bond acceptors (Lipinski definition) is 4. The second kappa shape index (κ2) is 6.64. The Balaban J connectivity index is 1.53. The van der Waals surface area contributed by atoms with Crippen LogP contribution in [0.2, 0.25) is 5.02 Å². The summed E-state index contributed by atoms with van der Waals surface area (Å²) in [6.45, 7) is 3.61. The average Bonchev–Trinajstić information content (AvgIpc) is 2.97. The number of rotatable bonds is 3. The first-order valence-electron chi connectivity index (χ1n) is 7.34. The third-order valence-corrected chi connectivity index (χ3v) is 4.18. The Morgan fingerprint density at radius 3 is 3.14 bits per heavy atom. The molecule has 1 aromatic carbocycles. The van der Waals surface area contributed by atoms with Crippen molar-refractivity contribution in [2.75, 3.05) is 37.7 Å². The Labute approximate surface area is 129 Å². The molecule has 0 aromatic heterocycles. The number of nitrogens with one attached hydrogen (secondary N) is 2. The number of anilines is 1. The van der Waals surface area contributed by atoms with E-state index in [4.69, 9.17) is 16.3 Å². The number of hydrogen-bond donors (Lipinski definition) is 2. The van der Waals surface area contributed by atoms with Crippen LogP contribution in [-0.2, 0) is 9.53 Å². The zero-order chi connectivity index (χ0) is 14.7. The van der Waals surface area contributed by atoms with Gasteiger partial charge in [0, 0.05) is 36.4 Å². The standard InChI is InChI=1S/C15H20ClN3O2/c16-11-2-1-3-13(8-11)19-6-4-12(9-19)18-15(20)14-10-21-7-5-17-14/h1-3,8,12,14,17H,4-7,9-10H2,(H,18,20). The van der Waals surface area contributed by atoms with Gasteiger partial charge in [-0.3, -0.25) is 4.79 Å². The van der Waals surface area contributed by atoms with Crippen molar-refractivity contribution in [2.45, 2.75) is 18.5 Å². The van der Waals surface area contributed by atoms with Gasteiger partial charge in [0.05, 0.1) is 13.2 Å². The van der Waals surface area contributed by atoms with Crippen LogP contribution < -0.4 is 15.5 Å². The molecule has 114 valence electrons. The van der Waals surface area contributed by atoms with E-state index in [2.05, 4.69) is 15.5 Å². The van der Waals surface area contributed by atoms with Crippen LogP contribution in [0, 0.1) is 0 Å². The van der Waals surface area contributed by atoms with Crippen LogP contribution in [-0.4, -0.2) is 50.8 Å². The molecule has 1 aromatic rings. The topological polar surface area (TPSA) is 53.6 Å². The largest absolute Gasteiger partial charge is 0.378 e. The first-order chi connectivity index (χ1) is 10.2. The van der Waals surface area contributed by atoms with Crippen LogP contribution in [0.25, 0.3) is 0 Å². The number of morpholine rings is 1. The van der Waals surface area contributed by atoms with Crippen molar-refractivity contribution in [3.05, 3.63) is 29.3 Å². The number of halogens is 1. The maximum Gasteiger partial charge on any atom is 0.239 e. The monoisotopic (exact) mass is 309 g/mol. The van der Waals surface area contributed by atoms with Crippen LogP contribution in [0.4, 0.5) is 5.69 Å². The summed E-state index contributed by atoms with van der Waals surface area (Å²) < 4.78 is 5.32. The molecule has 2 heterocycles. The van der Waals surface area contributed by atoms with Gasteiger partial charge in [0.2, 0.25) is 5.91 Å². The molecule has 2 unspecified atom stereocenters. The van der Waals surface area contributed by atoms with E-state index in [9.17, 15) is 4.79 Å². The number of carbonyl (C=O) groups is 1. The Bertz CT molecular complexity index is 505. The average molecular weight is 310 g/mol. The number of nitrogens with zero attached hydrogens (tertiary/aromatic N) is 1. The predicted molar refractivity (Wildman–Crippen MR) is 82.8 cm³/mol. The highest BCUT2D eigenvalue weighted by molar-refractivity contribution is 6.30. The summed E-state index contributed by atoms with van der Waals surface area (Å²) in [6, 6.07) is 7.79. The fourth-order valence-electron chi connectivity index (χ4n) is 2.82. The highest BCUT2D eigenvalue weighted by Gasteiger charge is 2.28. The van der Waals surface area contributed by atoms with Gasteiger partial charge >= 0.3 is 0 Å². The molecule has 2 fully saturated rings. The van der Waals surface area contributed by atoms with E-state index in [1.807, 2.05) is 24.3 Å². The molecule has 2 saturated heterocycles. The summed E-state index contributed by atoms with van der Waals surface area (Å²) in [7, 11) is 0. The summed E-state index contributed by atoms with van der Waals surface area (Å²) in [6.07, 6.45) is 0.950. The third-order valence-electron chi connectivity index (χ3n) is 3.95. The molecular weight excluding hydrogens is 290 g/mol. The second-order valence-electron chi connectivity index (χ2n) is 5.50. The van der Waals surface area contributed by atoms with Gasteiger partial charge < -0.3 is 20.3 Å². The van der Waals surface area contributed by atoms with E-state index in [-0.39, 0.29) is 18.0 Å². The fraction of sp³-hybridized carbons (Fsp3) is 0.533. The Morgan fingerprint density at radius 1 is 1.48 bits per heavy atom. The first-order valence-corrected chi connectivity index (χ1v) is 7.72. The number of benzene rings is 1. The molecule has 2 atom stereocenters. The van der Waals surface area contributed by atoms with E-state index in [0.29, 0.717) is 13.2 Å². The summed E-state index contributed by atoms with van der Waals surface area (Å²) in [5, 5.41) is 7.02. The highest BCUT2D eigenvalue weighted by atomic mass is 35.5. The minimum absolute atomic E-state index is 0.0349. The molecule has 5 nitrogen and oxygen atoms in total. The lowest BCUT2D eigenvalue weighted by molar-refractivity contribution is -0.126. The molecule has 6 heteroatoms. The maximum absolute atomic E-state index is 12.2. The molecule has 0 bridgehead atoms. The van der Waals surface area contributed by atoms with Crippen molar-refractivity contribution in [3.63, 3.8) is 0 Å². The van der Waals surface area contributed by atoms with Crippen molar-refractivity contribution in [2.24, 2.45) is 0 Å². The molecule has 3 rings (SSSR count). The van der Waals surface area contributed by atoms with Crippen molar-refractivity contribution in [3.8, 4) is 0 Å². The van der Waals surface area contributed by atoms with Crippen molar-refractivity contribution < 1.29 is 9.53 Å². The van der Waals surface area contributed by atoms with Crippen molar-refractivity contribution in [1.29, 1.82) is 0 Å². The molecular formula is C15H20ClN3O2. The van der Waals surface area contributed by atoms with Gasteiger partial charge in [0.25, 0.3) is 0 Å². The van der Waals surface area contributed by atoms with E-state index < -0.39 is 0 Å². The van der Waals surface area contributed by atoms with Gasteiger partial charge in [-0.1, -0.05) is 17.7 Å². The van der Waals surface area contributed by atoms with Gasteiger partial charge in [-0.05, 0) is 24.6 Å². The van der Waals surface area contributed by atoms with Gasteiger partial charge in [-0.2, -0.15) is 0 Å². The zero-order valence-electron chi connectivity index (χ0n) is 11.8. The van der Waals surface area contributed by atoms with Crippen molar-refractivity contribution >= 4 is 23.2 Å². The molecule has 0 aliphatic carbocycles. The summed E-state index contributed by atoms with van der Waals surface area (Å²) in [4.78, 5) is 14.4. The summed E-state index contributed by atoms with van der Waals surface area (Å²) in [5.74, 6) is 0.0349.